The summed E-state index contributed by atoms with van der Waals surface area (Å²) in [6.45, 7) is 0.452. The minimum atomic E-state index is -0.270. The number of hydrogen-bond acceptors (Lipinski definition) is 4. The molecule has 0 N–H and O–H groups in total. The summed E-state index contributed by atoms with van der Waals surface area (Å²) in [6, 6.07) is 0.00350. The van der Waals surface area contributed by atoms with Gasteiger partial charge in [-0.1, -0.05) is 0 Å². The number of hydrogen-bond donors (Lipinski definition) is 0. The number of carbonyl (C=O) groups is 3. The second-order valence-corrected chi connectivity index (χ2v) is 6.46. The van der Waals surface area contributed by atoms with Crippen LogP contribution < -0.4 is 0 Å². The molecular formula is C16H27N3O4. The second kappa shape index (κ2) is 7.77. The average molecular weight is 325 g/mol. The van der Waals surface area contributed by atoms with Gasteiger partial charge < -0.3 is 14.5 Å². The number of carbonyl (C=O) groups excluding carboxylic acids is 3. The minimum Gasteiger partial charge on any atom is -0.381 e. The van der Waals surface area contributed by atoms with Crippen LogP contribution in [0.25, 0.3) is 0 Å². The van der Waals surface area contributed by atoms with Crippen LogP contribution in [0.2, 0.25) is 0 Å². The second-order valence-electron chi connectivity index (χ2n) is 6.46. The van der Waals surface area contributed by atoms with E-state index in [2.05, 4.69) is 0 Å². The van der Waals surface area contributed by atoms with Crippen LogP contribution in [0.15, 0.2) is 0 Å². The highest BCUT2D eigenvalue weighted by atomic mass is 16.5. The minimum absolute atomic E-state index is 0.0818. The number of amides is 4. The van der Waals surface area contributed by atoms with Crippen LogP contribution in [-0.2, 0) is 14.3 Å². The smallest absolute Gasteiger partial charge is 0.326 e. The van der Waals surface area contributed by atoms with Crippen molar-refractivity contribution in [1.29, 1.82) is 0 Å². The Morgan fingerprint density at radius 2 is 1.91 bits per heavy atom. The fourth-order valence-electron chi connectivity index (χ4n) is 3.33. The monoisotopic (exact) mass is 325 g/mol. The number of rotatable bonds is 6. The Hall–Kier alpha value is -1.63. The van der Waals surface area contributed by atoms with Crippen molar-refractivity contribution in [2.45, 2.75) is 50.7 Å². The molecule has 7 heteroatoms. The summed E-state index contributed by atoms with van der Waals surface area (Å²) in [4.78, 5) is 40.2. The van der Waals surface area contributed by atoms with Gasteiger partial charge in [0.1, 0.15) is 6.54 Å². The van der Waals surface area contributed by atoms with Crippen LogP contribution in [0, 0.1) is 0 Å². The summed E-state index contributed by atoms with van der Waals surface area (Å²) < 4.78 is 5.35. The van der Waals surface area contributed by atoms with Gasteiger partial charge in [0.25, 0.3) is 0 Å². The van der Waals surface area contributed by atoms with Crippen LogP contribution in [0.1, 0.15) is 38.5 Å². The third-order valence-corrected chi connectivity index (χ3v) is 4.92. The molecule has 2 aliphatic rings. The largest absolute Gasteiger partial charge is 0.381 e. The first-order chi connectivity index (χ1) is 10.9. The first-order valence-corrected chi connectivity index (χ1v) is 8.28. The van der Waals surface area contributed by atoms with Crippen molar-refractivity contribution in [3.8, 4) is 0 Å². The summed E-state index contributed by atoms with van der Waals surface area (Å²) in [5.74, 6) is -0.102. The Balaban J connectivity index is 1.72. The Morgan fingerprint density at radius 1 is 1.26 bits per heavy atom. The fraction of sp³-hybridized carbons (Fsp3) is 0.812. The molecule has 0 spiro atoms. The molecule has 2 rings (SSSR count). The van der Waals surface area contributed by atoms with Gasteiger partial charge in [0.05, 0.1) is 6.10 Å². The summed E-state index contributed by atoms with van der Waals surface area (Å²) >= 11 is 0. The third-order valence-electron chi connectivity index (χ3n) is 4.92. The highest BCUT2D eigenvalue weighted by Gasteiger charge is 2.33. The zero-order valence-corrected chi connectivity index (χ0v) is 14.3. The molecule has 1 saturated heterocycles. The van der Waals surface area contributed by atoms with Crippen molar-refractivity contribution in [1.82, 2.24) is 14.7 Å². The molecule has 1 heterocycles. The first kappa shape index (κ1) is 17.7. The number of imide groups is 1. The number of ether oxygens (including phenoxy) is 1. The first-order valence-electron chi connectivity index (χ1n) is 8.28. The van der Waals surface area contributed by atoms with Gasteiger partial charge in [-0.3, -0.25) is 14.5 Å². The number of likely N-dealkylation sites (N-methyl/N-ethyl adjacent to an activating group) is 1. The number of nitrogens with zero attached hydrogens (tertiary/aromatic N) is 3. The van der Waals surface area contributed by atoms with Crippen LogP contribution >= 0.6 is 0 Å². The zero-order valence-electron chi connectivity index (χ0n) is 14.3. The molecule has 0 bridgehead atoms. The van der Waals surface area contributed by atoms with Crippen LogP contribution in [0.3, 0.4) is 0 Å². The van der Waals surface area contributed by atoms with E-state index < -0.39 is 0 Å². The molecule has 7 nitrogen and oxygen atoms in total. The zero-order chi connectivity index (χ0) is 17.0. The summed E-state index contributed by atoms with van der Waals surface area (Å²) in [6.07, 6.45) is 5.11. The SMILES string of the molecule is COC1CCC(N(C)C(=O)CCCN2C(=O)CN(C)C2=O)CC1. The fourth-order valence-corrected chi connectivity index (χ4v) is 3.33. The molecule has 0 aromatic heterocycles. The molecule has 1 aliphatic heterocycles. The van der Waals surface area contributed by atoms with Crippen LogP contribution in [0.4, 0.5) is 4.79 Å². The molecule has 4 amide bonds. The standard InChI is InChI=1S/C16H27N3O4/c1-17-11-15(21)19(16(17)22)10-4-5-14(20)18(2)12-6-8-13(23-3)9-7-12/h12-13H,4-11H2,1-3H3. The Labute approximate surface area is 137 Å². The number of methoxy groups -OCH3 is 1. The van der Waals surface area contributed by atoms with Gasteiger partial charge in [-0.25, -0.2) is 4.79 Å². The van der Waals surface area contributed by atoms with Gasteiger partial charge in [0.15, 0.2) is 0 Å². The Bertz CT molecular complexity index is 460. The maximum Gasteiger partial charge on any atom is 0.326 e. The summed E-state index contributed by atoms with van der Waals surface area (Å²) in [5, 5.41) is 0. The Kier molecular flexibility index (Phi) is 5.98. The van der Waals surface area contributed by atoms with Gasteiger partial charge in [-0.05, 0) is 32.1 Å². The normalized spacial score (nSPS) is 25.2. The maximum absolute atomic E-state index is 12.3. The predicted octanol–water partition coefficient (Wildman–Crippen LogP) is 1.08. The van der Waals surface area contributed by atoms with E-state index in [9.17, 15) is 14.4 Å². The molecule has 0 atom stereocenters. The molecular weight excluding hydrogens is 298 g/mol. The highest BCUT2D eigenvalue weighted by Crippen LogP contribution is 2.24. The Morgan fingerprint density at radius 3 is 2.43 bits per heavy atom. The molecule has 2 fully saturated rings. The van der Waals surface area contributed by atoms with Crippen molar-refractivity contribution in [3.63, 3.8) is 0 Å². The van der Waals surface area contributed by atoms with E-state index in [4.69, 9.17) is 4.74 Å². The molecule has 23 heavy (non-hydrogen) atoms. The van der Waals surface area contributed by atoms with Gasteiger partial charge in [0.2, 0.25) is 11.8 Å². The van der Waals surface area contributed by atoms with E-state index in [1.165, 1.54) is 9.80 Å². The van der Waals surface area contributed by atoms with Crippen molar-refractivity contribution in [2.75, 3.05) is 34.3 Å². The van der Waals surface area contributed by atoms with Crippen LogP contribution in [-0.4, -0.2) is 79.0 Å². The quantitative estimate of drug-likeness (QED) is 0.685. The van der Waals surface area contributed by atoms with Gasteiger partial charge in [-0.15, -0.1) is 0 Å². The van der Waals surface area contributed by atoms with Gasteiger partial charge in [0, 0.05) is 40.2 Å². The topological polar surface area (TPSA) is 70.2 Å². The van der Waals surface area contributed by atoms with E-state index >= 15 is 0 Å². The van der Waals surface area contributed by atoms with Gasteiger partial charge in [-0.2, -0.15) is 0 Å². The lowest BCUT2D eigenvalue weighted by molar-refractivity contribution is -0.133. The highest BCUT2D eigenvalue weighted by molar-refractivity contribution is 6.01. The lowest BCUT2D eigenvalue weighted by Crippen LogP contribution is -2.41. The van der Waals surface area contributed by atoms with E-state index in [1.54, 1.807) is 14.2 Å². The van der Waals surface area contributed by atoms with E-state index in [1.807, 2.05) is 11.9 Å². The van der Waals surface area contributed by atoms with E-state index in [-0.39, 0.29) is 30.4 Å². The van der Waals surface area contributed by atoms with Crippen LogP contribution in [0.5, 0.6) is 0 Å². The molecule has 0 aromatic carbocycles. The third kappa shape index (κ3) is 4.22. The van der Waals surface area contributed by atoms with E-state index in [0.29, 0.717) is 25.5 Å². The average Bonchev–Trinajstić information content (AvgIpc) is 2.80. The lowest BCUT2D eigenvalue weighted by atomic mass is 9.92. The predicted molar refractivity (Wildman–Crippen MR) is 84.8 cm³/mol. The molecule has 0 aromatic rings. The maximum atomic E-state index is 12.3. The molecule has 0 radical (unpaired) electrons. The van der Waals surface area contributed by atoms with Crippen molar-refractivity contribution in [2.24, 2.45) is 0 Å². The molecule has 130 valence electrons. The lowest BCUT2D eigenvalue weighted by Gasteiger charge is -2.34. The molecule has 0 unspecified atom stereocenters. The molecule has 1 saturated carbocycles. The van der Waals surface area contributed by atoms with Crippen molar-refractivity contribution >= 4 is 17.8 Å². The van der Waals surface area contributed by atoms with Crippen molar-refractivity contribution < 1.29 is 19.1 Å². The van der Waals surface area contributed by atoms with Crippen molar-refractivity contribution in [3.05, 3.63) is 0 Å². The number of urea groups is 1. The van der Waals surface area contributed by atoms with E-state index in [0.717, 1.165) is 25.7 Å². The summed E-state index contributed by atoms with van der Waals surface area (Å²) in [7, 11) is 5.19. The van der Waals surface area contributed by atoms with Gasteiger partial charge >= 0.3 is 6.03 Å². The summed E-state index contributed by atoms with van der Waals surface area (Å²) in [5.41, 5.74) is 0. The molecule has 1 aliphatic carbocycles.